The maximum atomic E-state index is 11.9. The summed E-state index contributed by atoms with van der Waals surface area (Å²) in [6.45, 7) is 1.70. The van der Waals surface area contributed by atoms with E-state index in [0.717, 1.165) is 11.1 Å². The fraction of sp³-hybridized carbons (Fsp3) is 0.263. The molecule has 5 nitrogen and oxygen atoms in total. The van der Waals surface area contributed by atoms with Gasteiger partial charge >= 0.3 is 0 Å². The Morgan fingerprint density at radius 2 is 1.56 bits per heavy atom. The molecule has 0 saturated heterocycles. The molecular formula is C19H23ClN4O. The largest absolute Gasteiger partial charge is 0.356 e. The predicted octanol–water partition coefficient (Wildman–Crippen LogP) is 2.71. The Balaban J connectivity index is 1.64. The van der Waals surface area contributed by atoms with Crippen LogP contribution in [0.1, 0.15) is 17.5 Å². The van der Waals surface area contributed by atoms with Crippen molar-refractivity contribution in [3.05, 3.63) is 70.7 Å². The molecule has 0 spiro atoms. The molecule has 0 aliphatic rings. The minimum atomic E-state index is 0.00417. The lowest BCUT2D eigenvalue weighted by Crippen LogP contribution is -2.38. The Bertz CT molecular complexity index is 686. The summed E-state index contributed by atoms with van der Waals surface area (Å²) in [6.07, 6.45) is 0.383. The third-order valence-electron chi connectivity index (χ3n) is 3.57. The summed E-state index contributed by atoms with van der Waals surface area (Å²) in [5.41, 5.74) is 2.19. The van der Waals surface area contributed by atoms with Gasteiger partial charge in [-0.1, -0.05) is 54.1 Å². The van der Waals surface area contributed by atoms with Gasteiger partial charge in [0.2, 0.25) is 5.91 Å². The van der Waals surface area contributed by atoms with Gasteiger partial charge in [0.15, 0.2) is 5.96 Å². The number of aliphatic imine (C=N–C) groups is 1. The van der Waals surface area contributed by atoms with Crippen LogP contribution in [0.5, 0.6) is 0 Å². The fourth-order valence-electron chi connectivity index (χ4n) is 2.19. The van der Waals surface area contributed by atoms with Crippen molar-refractivity contribution in [3.63, 3.8) is 0 Å². The highest BCUT2D eigenvalue weighted by atomic mass is 35.5. The first kappa shape index (κ1) is 18.8. The summed E-state index contributed by atoms with van der Waals surface area (Å²) in [5.74, 6) is 0.662. The van der Waals surface area contributed by atoms with Crippen LogP contribution in [-0.4, -0.2) is 25.5 Å². The molecule has 1 amide bonds. The average molecular weight is 359 g/mol. The number of halogens is 1. The minimum absolute atomic E-state index is 0.00417. The van der Waals surface area contributed by atoms with Gasteiger partial charge in [0.1, 0.15) is 0 Å². The molecule has 0 atom stereocenters. The Morgan fingerprint density at radius 3 is 2.24 bits per heavy atom. The van der Waals surface area contributed by atoms with E-state index in [1.54, 1.807) is 7.05 Å². The fourth-order valence-corrected chi connectivity index (χ4v) is 2.31. The predicted molar refractivity (Wildman–Crippen MR) is 103 cm³/mol. The molecule has 0 radical (unpaired) electrons. The Morgan fingerprint density at radius 1 is 0.920 bits per heavy atom. The maximum Gasteiger partial charge on any atom is 0.222 e. The van der Waals surface area contributed by atoms with Gasteiger partial charge in [0, 0.05) is 38.1 Å². The van der Waals surface area contributed by atoms with Crippen LogP contribution in [0, 0.1) is 0 Å². The quantitative estimate of drug-likeness (QED) is 0.526. The van der Waals surface area contributed by atoms with E-state index in [2.05, 4.69) is 20.9 Å². The van der Waals surface area contributed by atoms with Gasteiger partial charge in [-0.15, -0.1) is 0 Å². The number of nitrogens with zero attached hydrogens (tertiary/aromatic N) is 1. The molecule has 2 rings (SSSR count). The van der Waals surface area contributed by atoms with E-state index in [-0.39, 0.29) is 5.91 Å². The van der Waals surface area contributed by atoms with E-state index in [1.807, 2.05) is 54.6 Å². The molecule has 0 aromatic heterocycles. The first-order valence-corrected chi connectivity index (χ1v) is 8.55. The highest BCUT2D eigenvalue weighted by molar-refractivity contribution is 6.30. The summed E-state index contributed by atoms with van der Waals surface area (Å²) < 4.78 is 0. The van der Waals surface area contributed by atoms with Crippen LogP contribution < -0.4 is 16.0 Å². The van der Waals surface area contributed by atoms with E-state index in [0.29, 0.717) is 37.0 Å². The zero-order valence-corrected chi connectivity index (χ0v) is 15.0. The molecule has 132 valence electrons. The summed E-state index contributed by atoms with van der Waals surface area (Å²) in [7, 11) is 1.70. The van der Waals surface area contributed by atoms with Crippen molar-refractivity contribution in [1.29, 1.82) is 0 Å². The number of carbonyl (C=O) groups excluding carboxylic acids is 1. The Hall–Kier alpha value is -2.53. The van der Waals surface area contributed by atoms with Crippen LogP contribution in [0.4, 0.5) is 0 Å². The highest BCUT2D eigenvalue weighted by Crippen LogP contribution is 2.08. The second kappa shape index (κ2) is 10.4. The molecule has 0 aliphatic heterocycles. The van der Waals surface area contributed by atoms with E-state index < -0.39 is 0 Å². The number of rotatable bonds is 7. The van der Waals surface area contributed by atoms with Crippen molar-refractivity contribution < 1.29 is 4.79 Å². The van der Waals surface area contributed by atoms with Crippen molar-refractivity contribution >= 4 is 23.5 Å². The molecule has 3 N–H and O–H groups in total. The van der Waals surface area contributed by atoms with Crippen molar-refractivity contribution in [2.24, 2.45) is 4.99 Å². The van der Waals surface area contributed by atoms with Crippen LogP contribution in [-0.2, 0) is 17.9 Å². The first-order valence-electron chi connectivity index (χ1n) is 8.17. The van der Waals surface area contributed by atoms with Crippen molar-refractivity contribution in [2.45, 2.75) is 19.5 Å². The molecular weight excluding hydrogens is 336 g/mol. The second-order valence-electron chi connectivity index (χ2n) is 5.49. The normalized spacial score (nSPS) is 11.0. The smallest absolute Gasteiger partial charge is 0.222 e. The van der Waals surface area contributed by atoms with E-state index in [4.69, 9.17) is 11.6 Å². The first-order chi connectivity index (χ1) is 12.2. The van der Waals surface area contributed by atoms with Gasteiger partial charge in [-0.3, -0.25) is 9.79 Å². The van der Waals surface area contributed by atoms with Crippen LogP contribution >= 0.6 is 11.6 Å². The SMILES string of the molecule is CN=C(NCCC(=O)NCc1ccccc1)NCc1ccc(Cl)cc1. The van der Waals surface area contributed by atoms with Gasteiger partial charge < -0.3 is 16.0 Å². The van der Waals surface area contributed by atoms with Gasteiger partial charge in [0.05, 0.1) is 0 Å². The standard InChI is InChI=1S/C19H23ClN4O/c1-21-19(24-14-16-7-9-17(20)10-8-16)22-12-11-18(25)23-13-15-5-3-2-4-6-15/h2-10H,11-14H2,1H3,(H,23,25)(H2,21,22,24). The van der Waals surface area contributed by atoms with Gasteiger partial charge in [-0.05, 0) is 23.3 Å². The molecule has 0 unspecified atom stereocenters. The maximum absolute atomic E-state index is 11.9. The van der Waals surface area contributed by atoms with Crippen molar-refractivity contribution in [3.8, 4) is 0 Å². The van der Waals surface area contributed by atoms with Gasteiger partial charge in [0.25, 0.3) is 0 Å². The molecule has 0 saturated carbocycles. The topological polar surface area (TPSA) is 65.5 Å². The van der Waals surface area contributed by atoms with Crippen LogP contribution in [0.2, 0.25) is 5.02 Å². The molecule has 25 heavy (non-hydrogen) atoms. The summed E-state index contributed by atoms with van der Waals surface area (Å²) >= 11 is 5.87. The van der Waals surface area contributed by atoms with E-state index in [1.165, 1.54) is 0 Å². The second-order valence-corrected chi connectivity index (χ2v) is 5.93. The molecule has 6 heteroatoms. The van der Waals surface area contributed by atoms with E-state index in [9.17, 15) is 4.79 Å². The van der Waals surface area contributed by atoms with Crippen molar-refractivity contribution in [2.75, 3.05) is 13.6 Å². The highest BCUT2D eigenvalue weighted by Gasteiger charge is 2.03. The number of carbonyl (C=O) groups is 1. The number of amides is 1. The molecule has 2 aromatic carbocycles. The Kier molecular flexibility index (Phi) is 7.79. The third-order valence-corrected chi connectivity index (χ3v) is 3.83. The number of guanidine groups is 1. The lowest BCUT2D eigenvalue weighted by atomic mass is 10.2. The van der Waals surface area contributed by atoms with Crippen LogP contribution in [0.25, 0.3) is 0 Å². The monoisotopic (exact) mass is 358 g/mol. The van der Waals surface area contributed by atoms with Gasteiger partial charge in [-0.25, -0.2) is 0 Å². The average Bonchev–Trinajstić information content (AvgIpc) is 2.65. The molecule has 0 bridgehead atoms. The Labute approximate surface area is 153 Å². The minimum Gasteiger partial charge on any atom is -0.356 e. The number of hydrogen-bond donors (Lipinski definition) is 3. The molecule has 0 aliphatic carbocycles. The lowest BCUT2D eigenvalue weighted by Gasteiger charge is -2.12. The third kappa shape index (κ3) is 7.27. The lowest BCUT2D eigenvalue weighted by molar-refractivity contribution is -0.121. The molecule has 0 heterocycles. The summed E-state index contributed by atoms with van der Waals surface area (Å²) in [4.78, 5) is 16.0. The van der Waals surface area contributed by atoms with Gasteiger partial charge in [-0.2, -0.15) is 0 Å². The number of nitrogens with one attached hydrogen (secondary N) is 3. The van der Waals surface area contributed by atoms with Crippen LogP contribution in [0.15, 0.2) is 59.6 Å². The van der Waals surface area contributed by atoms with E-state index >= 15 is 0 Å². The molecule has 2 aromatic rings. The number of hydrogen-bond acceptors (Lipinski definition) is 2. The zero-order valence-electron chi connectivity index (χ0n) is 14.3. The van der Waals surface area contributed by atoms with Crippen LogP contribution in [0.3, 0.4) is 0 Å². The summed E-state index contributed by atoms with van der Waals surface area (Å²) in [6, 6.07) is 17.5. The zero-order chi connectivity index (χ0) is 17.9. The molecule has 0 fully saturated rings. The number of benzene rings is 2. The summed E-state index contributed by atoms with van der Waals surface area (Å²) in [5, 5.41) is 9.95. The van der Waals surface area contributed by atoms with Crippen molar-refractivity contribution in [1.82, 2.24) is 16.0 Å².